The van der Waals surface area contributed by atoms with Crippen molar-refractivity contribution in [2.24, 2.45) is 5.92 Å². The second-order valence-electron chi connectivity index (χ2n) is 5.80. The molecule has 1 fully saturated rings. The monoisotopic (exact) mass is 325 g/mol. The van der Waals surface area contributed by atoms with E-state index in [1.54, 1.807) is 0 Å². The van der Waals surface area contributed by atoms with Gasteiger partial charge in [-0.25, -0.2) is 0 Å². The lowest BCUT2D eigenvalue weighted by molar-refractivity contribution is 0.225. The maximum Gasteiger partial charge on any atom is 0.0456 e. The molecule has 2 rings (SSSR count). The summed E-state index contributed by atoms with van der Waals surface area (Å²) in [6.45, 7) is 3.50. The molecule has 19 heavy (non-hydrogen) atoms. The van der Waals surface area contributed by atoms with Gasteiger partial charge in [0.05, 0.1) is 0 Å². The molecule has 1 atom stereocenters. The first-order valence-corrected chi connectivity index (χ1v) is 8.08. The van der Waals surface area contributed by atoms with Gasteiger partial charge in [-0.15, -0.1) is 0 Å². The minimum atomic E-state index is 0.315. The summed E-state index contributed by atoms with van der Waals surface area (Å²) in [6, 6.07) is 9.42. The molecule has 1 saturated carbocycles. The molecule has 106 valence electrons. The van der Waals surface area contributed by atoms with Gasteiger partial charge >= 0.3 is 0 Å². The van der Waals surface area contributed by atoms with Gasteiger partial charge in [0.25, 0.3) is 0 Å². The Kier molecular flexibility index (Phi) is 5.86. The average Bonchev–Trinajstić information content (AvgIpc) is 2.37. The maximum absolute atomic E-state index is 8.96. The summed E-state index contributed by atoms with van der Waals surface area (Å²) >= 11 is 3.48. The molecule has 1 aromatic carbocycles. The van der Waals surface area contributed by atoms with Gasteiger partial charge < -0.3 is 10.4 Å². The Morgan fingerprint density at radius 2 is 2.00 bits per heavy atom. The normalized spacial score (nSPS) is 23.9. The molecule has 2 N–H and O–H groups in total. The molecule has 0 saturated heterocycles. The van der Waals surface area contributed by atoms with Crippen LogP contribution in [0.3, 0.4) is 0 Å². The van der Waals surface area contributed by atoms with E-state index in [-0.39, 0.29) is 0 Å². The number of hydrogen-bond acceptors (Lipinski definition) is 2. The van der Waals surface area contributed by atoms with E-state index in [2.05, 4.69) is 52.4 Å². The van der Waals surface area contributed by atoms with Gasteiger partial charge in [0.15, 0.2) is 0 Å². The van der Waals surface area contributed by atoms with Crippen molar-refractivity contribution in [1.82, 2.24) is 5.32 Å². The largest absolute Gasteiger partial charge is 0.396 e. The molecule has 0 bridgehead atoms. The van der Waals surface area contributed by atoms with E-state index in [1.807, 2.05) is 0 Å². The quantitative estimate of drug-likeness (QED) is 0.749. The van der Waals surface area contributed by atoms with E-state index in [0.29, 0.717) is 18.6 Å². The summed E-state index contributed by atoms with van der Waals surface area (Å²) in [5.74, 6) is 1.18. The Morgan fingerprint density at radius 1 is 1.32 bits per heavy atom. The number of aliphatic hydroxyl groups excluding tert-OH is 1. The number of nitrogens with one attached hydrogen (secondary N) is 1. The SMILES string of the molecule is CC(CO)CCCNC1CC(c2ccc(Br)cc2)C1. The topological polar surface area (TPSA) is 32.3 Å². The molecule has 1 unspecified atom stereocenters. The molecule has 2 nitrogen and oxygen atoms in total. The Morgan fingerprint density at radius 3 is 2.63 bits per heavy atom. The van der Waals surface area contributed by atoms with Crippen LogP contribution in [0.5, 0.6) is 0 Å². The molecule has 0 heterocycles. The minimum absolute atomic E-state index is 0.315. The van der Waals surface area contributed by atoms with Crippen LogP contribution in [0.2, 0.25) is 0 Å². The standard InChI is InChI=1S/C16H24BrNO/c1-12(11-19)3-2-8-18-16-9-14(10-16)13-4-6-15(17)7-5-13/h4-7,12,14,16,18-19H,2-3,8-11H2,1H3. The number of benzene rings is 1. The Labute approximate surface area is 124 Å². The molecule has 0 spiro atoms. The van der Waals surface area contributed by atoms with Crippen molar-refractivity contribution in [3.8, 4) is 0 Å². The van der Waals surface area contributed by atoms with Gasteiger partial charge in [-0.1, -0.05) is 35.0 Å². The Balaban J connectivity index is 1.60. The molecule has 0 aliphatic heterocycles. The van der Waals surface area contributed by atoms with Crippen LogP contribution in [0.25, 0.3) is 0 Å². The van der Waals surface area contributed by atoms with Gasteiger partial charge in [-0.2, -0.15) is 0 Å². The first-order valence-electron chi connectivity index (χ1n) is 7.28. The van der Waals surface area contributed by atoms with E-state index >= 15 is 0 Å². The van der Waals surface area contributed by atoms with Crippen molar-refractivity contribution < 1.29 is 5.11 Å². The highest BCUT2D eigenvalue weighted by Crippen LogP contribution is 2.37. The molecular weight excluding hydrogens is 302 g/mol. The van der Waals surface area contributed by atoms with Crippen molar-refractivity contribution in [2.45, 2.75) is 44.6 Å². The van der Waals surface area contributed by atoms with Gasteiger partial charge in [0, 0.05) is 17.1 Å². The van der Waals surface area contributed by atoms with Crippen molar-refractivity contribution in [2.75, 3.05) is 13.2 Å². The maximum atomic E-state index is 8.96. The fraction of sp³-hybridized carbons (Fsp3) is 0.625. The summed E-state index contributed by atoms with van der Waals surface area (Å²) in [7, 11) is 0. The van der Waals surface area contributed by atoms with Gasteiger partial charge in [0.2, 0.25) is 0 Å². The third-order valence-electron chi connectivity index (χ3n) is 4.10. The first-order chi connectivity index (χ1) is 9.19. The number of rotatable bonds is 7. The van der Waals surface area contributed by atoms with Crippen LogP contribution >= 0.6 is 15.9 Å². The molecule has 0 radical (unpaired) electrons. The second kappa shape index (κ2) is 7.41. The van der Waals surface area contributed by atoms with E-state index < -0.39 is 0 Å². The molecule has 0 amide bonds. The molecule has 1 aliphatic rings. The number of hydrogen-bond donors (Lipinski definition) is 2. The van der Waals surface area contributed by atoms with Crippen LogP contribution in [0.1, 0.15) is 44.1 Å². The fourth-order valence-corrected chi connectivity index (χ4v) is 2.90. The zero-order valence-electron chi connectivity index (χ0n) is 11.6. The van der Waals surface area contributed by atoms with Crippen molar-refractivity contribution in [1.29, 1.82) is 0 Å². The highest BCUT2D eigenvalue weighted by Gasteiger charge is 2.29. The first kappa shape index (κ1) is 15.0. The summed E-state index contributed by atoms with van der Waals surface area (Å²) in [5, 5.41) is 12.6. The van der Waals surface area contributed by atoms with Crippen molar-refractivity contribution in [3.63, 3.8) is 0 Å². The lowest BCUT2D eigenvalue weighted by Gasteiger charge is -2.36. The van der Waals surface area contributed by atoms with Gasteiger partial charge in [0.1, 0.15) is 0 Å². The average molecular weight is 326 g/mol. The van der Waals surface area contributed by atoms with Crippen LogP contribution in [0.4, 0.5) is 0 Å². The second-order valence-corrected chi connectivity index (χ2v) is 6.72. The highest BCUT2D eigenvalue weighted by molar-refractivity contribution is 9.10. The van der Waals surface area contributed by atoms with Crippen molar-refractivity contribution >= 4 is 15.9 Å². The third kappa shape index (κ3) is 4.59. The van der Waals surface area contributed by atoms with Crippen LogP contribution in [0, 0.1) is 5.92 Å². The van der Waals surface area contributed by atoms with E-state index in [4.69, 9.17) is 5.11 Å². The highest BCUT2D eigenvalue weighted by atomic mass is 79.9. The Hall–Kier alpha value is -0.380. The fourth-order valence-electron chi connectivity index (χ4n) is 2.64. The van der Waals surface area contributed by atoms with Gasteiger partial charge in [-0.05, 0) is 61.8 Å². The lowest BCUT2D eigenvalue weighted by Crippen LogP contribution is -2.40. The predicted octanol–water partition coefficient (Wildman–Crippen LogP) is 3.69. The molecule has 3 heteroatoms. The Bertz CT molecular complexity index is 373. The van der Waals surface area contributed by atoms with Crippen LogP contribution in [-0.4, -0.2) is 24.3 Å². The third-order valence-corrected chi connectivity index (χ3v) is 4.63. The molecule has 0 aromatic heterocycles. The van der Waals surface area contributed by atoms with Gasteiger partial charge in [-0.3, -0.25) is 0 Å². The smallest absolute Gasteiger partial charge is 0.0456 e. The zero-order valence-corrected chi connectivity index (χ0v) is 13.2. The summed E-state index contributed by atoms with van der Waals surface area (Å²) in [6.07, 6.45) is 4.81. The lowest BCUT2D eigenvalue weighted by atomic mass is 9.76. The summed E-state index contributed by atoms with van der Waals surface area (Å²) in [4.78, 5) is 0. The van der Waals surface area contributed by atoms with E-state index in [9.17, 15) is 0 Å². The number of halogens is 1. The molecular formula is C16H24BrNO. The van der Waals surface area contributed by atoms with Crippen molar-refractivity contribution in [3.05, 3.63) is 34.3 Å². The van der Waals surface area contributed by atoms with E-state index in [1.165, 1.54) is 24.8 Å². The van der Waals surface area contributed by atoms with Crippen LogP contribution in [0.15, 0.2) is 28.7 Å². The van der Waals surface area contributed by atoms with Crippen LogP contribution in [-0.2, 0) is 0 Å². The predicted molar refractivity (Wildman–Crippen MR) is 83.4 cm³/mol. The van der Waals surface area contributed by atoms with E-state index in [0.717, 1.165) is 23.4 Å². The minimum Gasteiger partial charge on any atom is -0.396 e. The summed E-state index contributed by atoms with van der Waals surface area (Å²) < 4.78 is 1.16. The zero-order chi connectivity index (χ0) is 13.7. The summed E-state index contributed by atoms with van der Waals surface area (Å²) in [5.41, 5.74) is 1.47. The molecule has 1 aliphatic carbocycles. The number of aliphatic hydroxyl groups is 1. The van der Waals surface area contributed by atoms with Crippen LogP contribution < -0.4 is 5.32 Å². The molecule has 1 aromatic rings.